The van der Waals surface area contributed by atoms with Gasteiger partial charge in [-0.3, -0.25) is 4.79 Å². The third-order valence-corrected chi connectivity index (χ3v) is 4.05. The normalized spacial score (nSPS) is 10.6. The smallest absolute Gasteiger partial charge is 0.387 e. The lowest BCUT2D eigenvalue weighted by Crippen LogP contribution is -2.24. The molecule has 7 heteroatoms. The van der Waals surface area contributed by atoms with Crippen LogP contribution in [-0.4, -0.2) is 19.6 Å². The van der Waals surface area contributed by atoms with Gasteiger partial charge in [-0.2, -0.15) is 8.78 Å². The molecule has 2 rings (SSSR count). The Balaban J connectivity index is 2.19. The van der Waals surface area contributed by atoms with Crippen molar-refractivity contribution in [2.75, 3.05) is 7.11 Å². The zero-order valence-corrected chi connectivity index (χ0v) is 12.9. The molecule has 2 aromatic rings. The molecule has 0 saturated heterocycles. The highest BCUT2D eigenvalue weighted by molar-refractivity contribution is 7.10. The van der Waals surface area contributed by atoms with Gasteiger partial charge in [-0.05, 0) is 36.1 Å². The minimum atomic E-state index is -3.04. The van der Waals surface area contributed by atoms with E-state index in [0.717, 1.165) is 10.4 Å². The first-order chi connectivity index (χ1) is 10.5. The van der Waals surface area contributed by atoms with Crippen LogP contribution < -0.4 is 14.8 Å². The van der Waals surface area contributed by atoms with E-state index in [0.29, 0.717) is 6.54 Å². The Morgan fingerprint density at radius 1 is 1.36 bits per heavy atom. The van der Waals surface area contributed by atoms with Gasteiger partial charge >= 0.3 is 6.61 Å². The maximum atomic E-state index is 12.5. The number of halogens is 2. The molecule has 0 unspecified atom stereocenters. The van der Waals surface area contributed by atoms with Crippen molar-refractivity contribution in [3.63, 3.8) is 0 Å². The zero-order chi connectivity index (χ0) is 16.1. The summed E-state index contributed by atoms with van der Waals surface area (Å²) >= 11 is 1.52. The highest BCUT2D eigenvalue weighted by Crippen LogP contribution is 2.32. The van der Waals surface area contributed by atoms with E-state index in [1.165, 1.54) is 30.6 Å². The largest absolute Gasteiger partial charge is 0.493 e. The summed E-state index contributed by atoms with van der Waals surface area (Å²) in [6.07, 6.45) is 0. The highest BCUT2D eigenvalue weighted by Gasteiger charge is 2.20. The van der Waals surface area contributed by atoms with Crippen molar-refractivity contribution in [2.24, 2.45) is 0 Å². The zero-order valence-electron chi connectivity index (χ0n) is 12.1. The van der Waals surface area contributed by atoms with Gasteiger partial charge in [0, 0.05) is 4.88 Å². The highest BCUT2D eigenvalue weighted by atomic mass is 32.1. The third kappa shape index (κ3) is 3.73. The first-order valence-corrected chi connectivity index (χ1v) is 7.34. The van der Waals surface area contributed by atoms with Gasteiger partial charge in [0.2, 0.25) is 0 Å². The summed E-state index contributed by atoms with van der Waals surface area (Å²) in [6.45, 7) is -0.773. The van der Waals surface area contributed by atoms with Crippen molar-refractivity contribution >= 4 is 17.2 Å². The maximum absolute atomic E-state index is 12.5. The number of carbonyl (C=O) groups is 1. The lowest BCUT2D eigenvalue weighted by molar-refractivity contribution is -0.0515. The number of nitrogens with one attached hydrogen (secondary N) is 1. The summed E-state index contributed by atoms with van der Waals surface area (Å²) in [7, 11) is 1.32. The summed E-state index contributed by atoms with van der Waals surface area (Å²) in [6, 6.07) is 6.36. The molecule has 0 fully saturated rings. The number of para-hydroxylation sites is 1. The number of thiophene rings is 1. The van der Waals surface area contributed by atoms with Crippen molar-refractivity contribution in [3.05, 3.63) is 45.6 Å². The Labute approximate surface area is 130 Å². The van der Waals surface area contributed by atoms with Crippen LogP contribution in [0, 0.1) is 6.92 Å². The van der Waals surface area contributed by atoms with Gasteiger partial charge in [0.1, 0.15) is 0 Å². The Hall–Kier alpha value is -2.15. The fourth-order valence-electron chi connectivity index (χ4n) is 1.91. The standard InChI is InChI=1S/C15H15F2NO3S/c1-9-6-7-22-12(9)8-18-14(19)10-4-3-5-11(20-2)13(10)21-15(16)17/h3-7,15H,8H2,1-2H3,(H,18,19). The van der Waals surface area contributed by atoms with Crippen molar-refractivity contribution in [2.45, 2.75) is 20.1 Å². The molecule has 0 radical (unpaired) electrons. The first kappa shape index (κ1) is 16.2. The lowest BCUT2D eigenvalue weighted by Gasteiger charge is -2.14. The van der Waals surface area contributed by atoms with Gasteiger partial charge in [0.05, 0.1) is 19.2 Å². The molecule has 4 nitrogen and oxygen atoms in total. The minimum Gasteiger partial charge on any atom is -0.493 e. The number of ether oxygens (including phenoxy) is 2. The van der Waals surface area contributed by atoms with Crippen LogP contribution in [0.3, 0.4) is 0 Å². The summed E-state index contributed by atoms with van der Waals surface area (Å²) in [5.74, 6) is -0.678. The molecule has 0 spiro atoms. The number of methoxy groups -OCH3 is 1. The van der Waals surface area contributed by atoms with E-state index < -0.39 is 12.5 Å². The molecular weight excluding hydrogens is 312 g/mol. The summed E-state index contributed by atoms with van der Waals surface area (Å²) < 4.78 is 34.5. The van der Waals surface area contributed by atoms with Gasteiger partial charge in [-0.1, -0.05) is 6.07 Å². The first-order valence-electron chi connectivity index (χ1n) is 6.46. The third-order valence-electron chi connectivity index (χ3n) is 3.03. The van der Waals surface area contributed by atoms with E-state index >= 15 is 0 Å². The van der Waals surface area contributed by atoms with Crippen LogP contribution in [0.5, 0.6) is 11.5 Å². The van der Waals surface area contributed by atoms with Crippen LogP contribution in [0.4, 0.5) is 8.78 Å². The number of rotatable bonds is 6. The van der Waals surface area contributed by atoms with Crippen LogP contribution in [0.2, 0.25) is 0 Å². The molecule has 118 valence electrons. The second kappa shape index (κ2) is 7.22. The van der Waals surface area contributed by atoms with E-state index in [1.54, 1.807) is 6.07 Å². The molecule has 0 saturated carbocycles. The molecule has 22 heavy (non-hydrogen) atoms. The SMILES string of the molecule is COc1cccc(C(=O)NCc2sccc2C)c1OC(F)F. The Bertz CT molecular complexity index is 658. The molecule has 0 aliphatic carbocycles. The molecule has 0 bridgehead atoms. The van der Waals surface area contributed by atoms with E-state index in [2.05, 4.69) is 10.1 Å². The Kier molecular flexibility index (Phi) is 5.32. The van der Waals surface area contributed by atoms with E-state index in [4.69, 9.17) is 4.74 Å². The topological polar surface area (TPSA) is 47.6 Å². The molecule has 0 aliphatic heterocycles. The van der Waals surface area contributed by atoms with Crippen LogP contribution in [0.25, 0.3) is 0 Å². The van der Waals surface area contributed by atoms with Gasteiger partial charge in [0.25, 0.3) is 5.91 Å². The Morgan fingerprint density at radius 3 is 2.73 bits per heavy atom. The number of hydrogen-bond acceptors (Lipinski definition) is 4. The molecular formula is C15H15F2NO3S. The van der Waals surface area contributed by atoms with Crippen molar-refractivity contribution < 1.29 is 23.0 Å². The number of benzene rings is 1. The van der Waals surface area contributed by atoms with Crippen molar-refractivity contribution in [1.29, 1.82) is 0 Å². The molecule has 0 atom stereocenters. The fraction of sp³-hybridized carbons (Fsp3) is 0.267. The molecule has 1 aromatic carbocycles. The molecule has 1 N–H and O–H groups in total. The second-order valence-corrected chi connectivity index (χ2v) is 5.43. The number of amides is 1. The lowest BCUT2D eigenvalue weighted by atomic mass is 10.1. The van der Waals surface area contributed by atoms with Crippen LogP contribution in [0.1, 0.15) is 20.8 Å². The van der Waals surface area contributed by atoms with Crippen LogP contribution in [0.15, 0.2) is 29.6 Å². The number of aryl methyl sites for hydroxylation is 1. The van der Waals surface area contributed by atoms with Gasteiger partial charge < -0.3 is 14.8 Å². The predicted molar refractivity (Wildman–Crippen MR) is 79.9 cm³/mol. The second-order valence-electron chi connectivity index (χ2n) is 4.42. The Morgan fingerprint density at radius 2 is 2.14 bits per heavy atom. The molecule has 1 heterocycles. The van der Waals surface area contributed by atoms with Gasteiger partial charge in [-0.25, -0.2) is 0 Å². The van der Waals surface area contributed by atoms with Crippen LogP contribution >= 0.6 is 11.3 Å². The summed E-state index contributed by atoms with van der Waals surface area (Å²) in [5, 5.41) is 4.62. The summed E-state index contributed by atoms with van der Waals surface area (Å²) in [4.78, 5) is 13.2. The monoisotopic (exact) mass is 327 g/mol. The average Bonchev–Trinajstić information content (AvgIpc) is 2.89. The molecule has 0 aliphatic rings. The average molecular weight is 327 g/mol. The number of hydrogen-bond donors (Lipinski definition) is 1. The predicted octanol–water partition coefficient (Wildman–Crippen LogP) is 3.60. The van der Waals surface area contributed by atoms with Gasteiger partial charge in [-0.15, -0.1) is 11.3 Å². The van der Waals surface area contributed by atoms with Crippen LogP contribution in [-0.2, 0) is 6.54 Å². The minimum absolute atomic E-state index is 0.00820. The molecule has 1 amide bonds. The van der Waals surface area contributed by atoms with E-state index in [1.807, 2.05) is 18.4 Å². The van der Waals surface area contributed by atoms with E-state index in [-0.39, 0.29) is 17.1 Å². The maximum Gasteiger partial charge on any atom is 0.387 e. The quantitative estimate of drug-likeness (QED) is 0.882. The van der Waals surface area contributed by atoms with Crippen molar-refractivity contribution in [3.8, 4) is 11.5 Å². The summed E-state index contributed by atoms with van der Waals surface area (Å²) in [5.41, 5.74) is 1.08. The molecule has 1 aromatic heterocycles. The number of carbonyl (C=O) groups excluding carboxylic acids is 1. The van der Waals surface area contributed by atoms with Crippen molar-refractivity contribution in [1.82, 2.24) is 5.32 Å². The van der Waals surface area contributed by atoms with E-state index in [9.17, 15) is 13.6 Å². The number of alkyl halides is 2. The fourth-order valence-corrected chi connectivity index (χ4v) is 2.75. The van der Waals surface area contributed by atoms with Gasteiger partial charge in [0.15, 0.2) is 11.5 Å².